The highest BCUT2D eigenvalue weighted by atomic mass is 16.7. The summed E-state index contributed by atoms with van der Waals surface area (Å²) in [6.07, 6.45) is -24.1. The van der Waals surface area contributed by atoms with Crippen LogP contribution in [0.3, 0.4) is 0 Å². The van der Waals surface area contributed by atoms with Gasteiger partial charge in [0.25, 0.3) is 0 Å². The molecule has 0 bridgehead atoms. The number of rotatable bonds is 14. The number of carbonyl (C=O) groups is 2. The number of phenols is 2. The van der Waals surface area contributed by atoms with Gasteiger partial charge in [-0.15, -0.1) is 0 Å². The molecule has 10 N–H and O–H groups in total. The molecule has 8 rings (SSSR count). The number of aliphatic hydroxyl groups is 8. The number of benzene rings is 2. The molecule has 23 nitrogen and oxygen atoms in total. The van der Waals surface area contributed by atoms with E-state index in [0.717, 1.165) is 6.92 Å². The van der Waals surface area contributed by atoms with Gasteiger partial charge in [0.05, 0.1) is 77.6 Å². The van der Waals surface area contributed by atoms with Gasteiger partial charge in [0.2, 0.25) is 6.29 Å². The summed E-state index contributed by atoms with van der Waals surface area (Å²) in [5.41, 5.74) is -1.28. The Morgan fingerprint density at radius 3 is 1.81 bits per heavy atom. The van der Waals surface area contributed by atoms with Crippen LogP contribution in [0.5, 0.6) is 17.2 Å². The SMILES string of the molecule is CO[C@@H]([C@@H]1Cc2cc3cc(O[C@H]4C[C@H](O[C@H]5C[C@@H](O)[C@H](O)[C@@H](C)O5)[C@H](O)[C@@H](C)O4)c(C)c(O)c3c(O)c2C(=O)[C@H]1O[C@H]1C[C@@H](O[C@@H]2C[C@@H](O)[C@@H](O[C@H]3C[C@](C)(O)[C@H](O)[C@@H](C)O3)[C@@H](C)O2)[C@H](O)[C@@H](C)O1)[C@@H](O)C(C)=O. The number of Topliss-reactive ketones (excluding diaryl/α,β-unsaturated/α-hetero) is 2. The molecule has 5 heterocycles. The van der Waals surface area contributed by atoms with Gasteiger partial charge in [-0.05, 0) is 84.9 Å². The summed E-state index contributed by atoms with van der Waals surface area (Å²) in [5.74, 6) is -3.41. The first kappa shape index (κ1) is 56.9. The van der Waals surface area contributed by atoms with Crippen molar-refractivity contribution in [2.24, 2.45) is 5.92 Å². The summed E-state index contributed by atoms with van der Waals surface area (Å²) >= 11 is 0. The van der Waals surface area contributed by atoms with Gasteiger partial charge in [0.1, 0.15) is 60.0 Å². The number of fused-ring (bicyclic) bond motifs is 2. The largest absolute Gasteiger partial charge is 0.507 e. The number of phenolic OH excluding ortho intramolecular Hbond substituents is 2. The van der Waals surface area contributed by atoms with Crippen molar-refractivity contribution in [2.75, 3.05) is 7.11 Å². The minimum atomic E-state index is -1.72. The van der Waals surface area contributed by atoms with Crippen LogP contribution in [0.2, 0.25) is 0 Å². The van der Waals surface area contributed by atoms with Gasteiger partial charge in [0.15, 0.2) is 36.7 Å². The van der Waals surface area contributed by atoms with Crippen LogP contribution in [0.4, 0.5) is 0 Å². The van der Waals surface area contributed by atoms with Crippen molar-refractivity contribution in [3.63, 3.8) is 0 Å². The van der Waals surface area contributed by atoms with Crippen LogP contribution in [0.15, 0.2) is 12.1 Å². The Balaban J connectivity index is 1.01. The average molecular weight is 1060 g/mol. The highest BCUT2D eigenvalue weighted by molar-refractivity contribution is 6.11. The molecule has 0 radical (unpaired) electrons. The fraction of sp³-hybridized carbons (Fsp3) is 0.765. The standard InChI is InChI=1S/C51H74O23/c1-18-30(70-35-15-31(43(58)21(4)66-35)71-33-13-28(53)42(57)20(3)65-33)12-26-10-25-11-27(48(64-9)41(56)19(2)52)49(46(61)39(25)45(60)38(26)40(18)55)73-36-16-32(44(59)22(5)67-36)72-34-14-29(54)47(23(6)68-34)74-37-17-51(8,63)50(62)24(7)69-37/h10,12,20-24,27-29,31-37,41-44,47-50,53-60,62-63H,11,13-17H2,1-9H3/t20-,21-,22-,23-,24-,27+,28-,29-,31+,32-,33+,34-,35+,36+,37+,41+,42-,43-,44-,47+,48+,49+,50-,51+/m1/s1. The first-order valence-electron chi connectivity index (χ1n) is 25.4. The van der Waals surface area contributed by atoms with E-state index in [1.807, 2.05) is 0 Å². The van der Waals surface area contributed by atoms with Crippen molar-refractivity contribution in [1.82, 2.24) is 0 Å². The van der Waals surface area contributed by atoms with Crippen molar-refractivity contribution in [2.45, 2.75) is 235 Å². The lowest BCUT2D eigenvalue weighted by molar-refractivity contribution is -0.337. The molecule has 6 aliphatic rings. The molecule has 2 aromatic rings. The number of hydrogen-bond acceptors (Lipinski definition) is 23. The van der Waals surface area contributed by atoms with Crippen LogP contribution in [0.1, 0.15) is 102 Å². The molecule has 5 fully saturated rings. The molecular weight excluding hydrogens is 981 g/mol. The number of aliphatic hydroxyl groups excluding tert-OH is 7. The number of aromatic hydroxyl groups is 2. The van der Waals surface area contributed by atoms with Crippen molar-refractivity contribution in [3.8, 4) is 17.2 Å². The molecule has 74 heavy (non-hydrogen) atoms. The maximum Gasteiger partial charge on any atom is 0.202 e. The Kier molecular flexibility index (Phi) is 17.4. The Hall–Kier alpha value is -3.28. The third kappa shape index (κ3) is 11.5. The summed E-state index contributed by atoms with van der Waals surface area (Å²) < 4.78 is 66.5. The van der Waals surface area contributed by atoms with E-state index in [0.29, 0.717) is 0 Å². The van der Waals surface area contributed by atoms with E-state index < -0.39 is 170 Å². The van der Waals surface area contributed by atoms with Gasteiger partial charge in [-0.25, -0.2) is 0 Å². The molecule has 23 heteroatoms. The molecule has 0 aromatic heterocycles. The molecule has 0 spiro atoms. The van der Waals surface area contributed by atoms with Crippen molar-refractivity contribution in [1.29, 1.82) is 0 Å². The number of carbonyl (C=O) groups excluding carboxylic acids is 2. The van der Waals surface area contributed by atoms with Crippen LogP contribution in [-0.2, 0) is 58.6 Å². The van der Waals surface area contributed by atoms with Crippen molar-refractivity contribution < 1.29 is 113 Å². The second-order valence-corrected chi connectivity index (χ2v) is 21.2. The molecule has 2 aromatic carbocycles. The Morgan fingerprint density at radius 1 is 0.703 bits per heavy atom. The average Bonchev–Trinajstić information content (AvgIpc) is 3.31. The quantitative estimate of drug-likeness (QED) is 0.122. The smallest absolute Gasteiger partial charge is 0.202 e. The summed E-state index contributed by atoms with van der Waals surface area (Å²) in [6.45, 7) is 12.2. The molecule has 1 aliphatic carbocycles. The zero-order valence-corrected chi connectivity index (χ0v) is 43.0. The monoisotopic (exact) mass is 1050 g/mol. The minimum Gasteiger partial charge on any atom is -0.507 e. The lowest BCUT2D eigenvalue weighted by atomic mass is 9.75. The molecule has 24 atom stereocenters. The Morgan fingerprint density at radius 2 is 1.24 bits per heavy atom. The second-order valence-electron chi connectivity index (χ2n) is 21.2. The van der Waals surface area contributed by atoms with E-state index in [2.05, 4.69) is 0 Å². The van der Waals surface area contributed by atoms with Gasteiger partial charge >= 0.3 is 0 Å². The van der Waals surface area contributed by atoms with Crippen LogP contribution in [-0.4, -0.2) is 211 Å². The highest BCUT2D eigenvalue weighted by Crippen LogP contribution is 2.48. The molecule has 0 amide bonds. The van der Waals surface area contributed by atoms with E-state index in [-0.39, 0.29) is 71.7 Å². The molecule has 0 saturated carbocycles. The number of methoxy groups -OCH3 is 1. The van der Waals surface area contributed by atoms with Crippen LogP contribution >= 0.6 is 0 Å². The zero-order valence-electron chi connectivity index (χ0n) is 43.0. The summed E-state index contributed by atoms with van der Waals surface area (Å²) in [5, 5.41) is 110. The fourth-order valence-corrected chi connectivity index (χ4v) is 11.3. The van der Waals surface area contributed by atoms with Crippen LogP contribution in [0.25, 0.3) is 10.8 Å². The lowest BCUT2D eigenvalue weighted by Gasteiger charge is -2.46. The third-order valence-corrected chi connectivity index (χ3v) is 15.6. The summed E-state index contributed by atoms with van der Waals surface area (Å²) in [7, 11) is 1.26. The summed E-state index contributed by atoms with van der Waals surface area (Å²) in [4.78, 5) is 27.6. The first-order valence-corrected chi connectivity index (χ1v) is 25.4. The highest BCUT2D eigenvalue weighted by Gasteiger charge is 2.51. The predicted molar refractivity (Wildman–Crippen MR) is 253 cm³/mol. The number of ketones is 2. The van der Waals surface area contributed by atoms with E-state index >= 15 is 0 Å². The van der Waals surface area contributed by atoms with E-state index in [4.69, 9.17) is 52.1 Å². The second kappa shape index (κ2) is 22.6. The maximum atomic E-state index is 14.9. The van der Waals surface area contributed by atoms with E-state index in [1.54, 1.807) is 40.7 Å². The molecule has 416 valence electrons. The maximum absolute atomic E-state index is 14.9. The Labute approximate surface area is 428 Å². The fourth-order valence-electron chi connectivity index (χ4n) is 11.3. The van der Waals surface area contributed by atoms with Gasteiger partial charge in [-0.2, -0.15) is 0 Å². The molecule has 0 unspecified atom stereocenters. The molecule has 5 aliphatic heterocycles. The topological polar surface area (TPSA) is 338 Å². The van der Waals surface area contributed by atoms with Crippen LogP contribution in [0, 0.1) is 12.8 Å². The van der Waals surface area contributed by atoms with Gasteiger partial charge in [-0.3, -0.25) is 9.59 Å². The van der Waals surface area contributed by atoms with E-state index in [1.165, 1.54) is 27.0 Å². The molecule has 5 saturated heterocycles. The Bertz CT molecular complexity index is 2290. The van der Waals surface area contributed by atoms with Gasteiger partial charge < -0.3 is 103 Å². The molecular formula is C51H74O23. The van der Waals surface area contributed by atoms with Crippen molar-refractivity contribution >= 4 is 22.3 Å². The first-order chi connectivity index (χ1) is 34.8. The minimum absolute atomic E-state index is 0.0155. The number of ether oxygens (including phenoxy) is 11. The predicted octanol–water partition coefficient (Wildman–Crippen LogP) is 0.390. The zero-order chi connectivity index (χ0) is 54.0. The lowest BCUT2D eigenvalue weighted by Crippen LogP contribution is -2.58. The van der Waals surface area contributed by atoms with Gasteiger partial charge in [0, 0.05) is 50.7 Å². The normalized spacial score (nSPS) is 42.9. The number of hydrogen-bond donors (Lipinski definition) is 10. The third-order valence-electron chi connectivity index (χ3n) is 15.6. The van der Waals surface area contributed by atoms with Crippen molar-refractivity contribution in [3.05, 3.63) is 28.8 Å². The summed E-state index contributed by atoms with van der Waals surface area (Å²) in [6, 6.07) is 3.11. The van der Waals surface area contributed by atoms with Crippen LogP contribution < -0.4 is 4.74 Å². The van der Waals surface area contributed by atoms with Gasteiger partial charge in [-0.1, -0.05) is 0 Å². The van der Waals surface area contributed by atoms with E-state index in [9.17, 15) is 60.7 Å².